The lowest BCUT2D eigenvalue weighted by atomic mass is 9.86. The molecule has 0 atom stereocenters. The van der Waals surface area contributed by atoms with E-state index in [0.29, 0.717) is 10.7 Å². The Morgan fingerprint density at radius 2 is 1.43 bits per heavy atom. The van der Waals surface area contributed by atoms with Gasteiger partial charge in [-0.2, -0.15) is 0 Å². The summed E-state index contributed by atoms with van der Waals surface area (Å²) in [4.78, 5) is 12.1. The average molecular weight is 303 g/mol. The summed E-state index contributed by atoms with van der Waals surface area (Å²) in [5, 5.41) is 6.15. The van der Waals surface area contributed by atoms with E-state index in [0.717, 1.165) is 11.3 Å². The molecule has 2 amide bonds. The quantitative estimate of drug-likeness (QED) is 0.778. The predicted octanol–water partition coefficient (Wildman–Crippen LogP) is 5.28. The van der Waals surface area contributed by atoms with Crippen LogP contribution in [-0.4, -0.2) is 6.03 Å². The largest absolute Gasteiger partial charge is 0.323 e. The second-order valence-corrected chi connectivity index (χ2v) is 6.26. The molecule has 0 saturated heterocycles. The molecule has 0 unspecified atom stereocenters. The predicted molar refractivity (Wildman–Crippen MR) is 89.2 cm³/mol. The molecule has 0 aliphatic heterocycles. The van der Waals surface area contributed by atoms with Crippen molar-refractivity contribution in [2.24, 2.45) is 0 Å². The van der Waals surface area contributed by atoms with E-state index in [1.165, 1.54) is 0 Å². The molecule has 2 rings (SSSR count). The first-order valence-electron chi connectivity index (χ1n) is 6.80. The van der Waals surface area contributed by atoms with Gasteiger partial charge in [-0.15, -0.1) is 0 Å². The normalized spacial score (nSPS) is 11.0. The first-order chi connectivity index (χ1) is 9.88. The van der Waals surface area contributed by atoms with Crippen LogP contribution in [0.4, 0.5) is 16.2 Å². The molecule has 0 aromatic heterocycles. The summed E-state index contributed by atoms with van der Waals surface area (Å²) in [6.45, 7) is 6.33. The summed E-state index contributed by atoms with van der Waals surface area (Å²) in [5.41, 5.74) is 2.42. The number of hydrogen-bond donors (Lipinski definition) is 2. The minimum absolute atomic E-state index is 0.0474. The molecule has 2 aromatic rings. The molecule has 0 bridgehead atoms. The maximum atomic E-state index is 12.1. The maximum absolute atomic E-state index is 12.1. The zero-order valence-corrected chi connectivity index (χ0v) is 13.2. The Labute approximate surface area is 130 Å². The minimum Gasteiger partial charge on any atom is -0.307 e. The van der Waals surface area contributed by atoms with Crippen LogP contribution in [0.15, 0.2) is 48.5 Å². The van der Waals surface area contributed by atoms with Gasteiger partial charge in [0, 0.05) is 5.69 Å². The number of amides is 2. The lowest BCUT2D eigenvalue weighted by molar-refractivity contribution is 0.262. The number of benzene rings is 2. The topological polar surface area (TPSA) is 41.1 Å². The van der Waals surface area contributed by atoms with Gasteiger partial charge in [0.15, 0.2) is 0 Å². The Bertz CT molecular complexity index is 647. The number of urea groups is 1. The highest BCUT2D eigenvalue weighted by Gasteiger charge is 2.18. The molecule has 3 nitrogen and oxygen atoms in total. The molecule has 2 N–H and O–H groups in total. The van der Waals surface area contributed by atoms with Crippen LogP contribution in [0, 0.1) is 0 Å². The molecular weight excluding hydrogens is 284 g/mol. The van der Waals surface area contributed by atoms with Crippen LogP contribution < -0.4 is 10.6 Å². The minimum atomic E-state index is -0.306. The Morgan fingerprint density at radius 3 is 2.05 bits per heavy atom. The zero-order chi connectivity index (χ0) is 15.5. The molecule has 0 aliphatic rings. The van der Waals surface area contributed by atoms with Crippen molar-refractivity contribution in [3.8, 4) is 0 Å². The van der Waals surface area contributed by atoms with Gasteiger partial charge < -0.3 is 10.6 Å². The van der Waals surface area contributed by atoms with Crippen LogP contribution in [-0.2, 0) is 5.41 Å². The zero-order valence-electron chi connectivity index (χ0n) is 12.4. The summed E-state index contributed by atoms with van der Waals surface area (Å²) in [7, 11) is 0. The highest BCUT2D eigenvalue weighted by molar-refractivity contribution is 6.33. The number of nitrogens with one attached hydrogen (secondary N) is 2. The van der Waals surface area contributed by atoms with E-state index in [1.807, 2.05) is 36.4 Å². The summed E-state index contributed by atoms with van der Waals surface area (Å²) >= 11 is 6.03. The maximum Gasteiger partial charge on any atom is 0.323 e. The molecule has 2 aromatic carbocycles. The second kappa shape index (κ2) is 6.19. The summed E-state index contributed by atoms with van der Waals surface area (Å²) in [6, 6.07) is 14.6. The summed E-state index contributed by atoms with van der Waals surface area (Å²) in [5.74, 6) is 0. The number of carbonyl (C=O) groups excluding carboxylic acids is 1. The van der Waals surface area contributed by atoms with Crippen LogP contribution in [0.3, 0.4) is 0 Å². The van der Waals surface area contributed by atoms with Crippen LogP contribution in [0.25, 0.3) is 0 Å². The molecule has 4 heteroatoms. The first-order valence-corrected chi connectivity index (χ1v) is 7.18. The van der Waals surface area contributed by atoms with E-state index in [4.69, 9.17) is 11.6 Å². The smallest absolute Gasteiger partial charge is 0.307 e. The van der Waals surface area contributed by atoms with Gasteiger partial charge in [-0.05, 0) is 29.2 Å². The van der Waals surface area contributed by atoms with Crippen molar-refractivity contribution in [3.63, 3.8) is 0 Å². The molecule has 0 heterocycles. The van der Waals surface area contributed by atoms with E-state index in [2.05, 4.69) is 31.4 Å². The molecular formula is C17H19ClN2O. The van der Waals surface area contributed by atoms with Crippen molar-refractivity contribution in [2.75, 3.05) is 10.6 Å². The Balaban J connectivity index is 2.16. The molecule has 110 valence electrons. The summed E-state index contributed by atoms with van der Waals surface area (Å²) < 4.78 is 0. The number of anilines is 2. The molecule has 0 spiro atoms. The lowest BCUT2D eigenvalue weighted by Gasteiger charge is -2.23. The fraction of sp³-hybridized carbons (Fsp3) is 0.235. The highest BCUT2D eigenvalue weighted by atomic mass is 35.5. The monoisotopic (exact) mass is 302 g/mol. The molecule has 0 radical (unpaired) electrons. The molecule has 0 fully saturated rings. The van der Waals surface area contributed by atoms with Crippen molar-refractivity contribution < 1.29 is 4.79 Å². The van der Waals surface area contributed by atoms with Gasteiger partial charge in [0.1, 0.15) is 0 Å². The standard InChI is InChI=1S/C17H19ClN2O/c1-17(2,3)12-8-4-6-10-14(12)19-16(21)20-15-11-7-5-9-13(15)18/h4-11H,1-3H3,(H2,19,20,21). The molecule has 0 aliphatic carbocycles. The van der Waals surface area contributed by atoms with Crippen molar-refractivity contribution >= 4 is 29.0 Å². The number of para-hydroxylation sites is 2. The van der Waals surface area contributed by atoms with Gasteiger partial charge in [0.2, 0.25) is 0 Å². The lowest BCUT2D eigenvalue weighted by Crippen LogP contribution is -2.22. The van der Waals surface area contributed by atoms with Gasteiger partial charge in [-0.3, -0.25) is 0 Å². The fourth-order valence-electron chi connectivity index (χ4n) is 2.08. The van der Waals surface area contributed by atoms with Crippen LogP contribution >= 0.6 is 11.6 Å². The van der Waals surface area contributed by atoms with Gasteiger partial charge >= 0.3 is 6.03 Å². The number of halogens is 1. The molecule has 0 saturated carbocycles. The highest BCUT2D eigenvalue weighted by Crippen LogP contribution is 2.29. The van der Waals surface area contributed by atoms with E-state index in [9.17, 15) is 4.79 Å². The van der Waals surface area contributed by atoms with Crippen LogP contribution in [0.2, 0.25) is 5.02 Å². The number of hydrogen-bond acceptors (Lipinski definition) is 1. The van der Waals surface area contributed by atoms with Crippen molar-refractivity contribution in [1.29, 1.82) is 0 Å². The van der Waals surface area contributed by atoms with Crippen LogP contribution in [0.1, 0.15) is 26.3 Å². The van der Waals surface area contributed by atoms with Crippen molar-refractivity contribution in [1.82, 2.24) is 0 Å². The van der Waals surface area contributed by atoms with Crippen LogP contribution in [0.5, 0.6) is 0 Å². The van der Waals surface area contributed by atoms with Gasteiger partial charge in [0.05, 0.1) is 10.7 Å². The van der Waals surface area contributed by atoms with Gasteiger partial charge in [0.25, 0.3) is 0 Å². The van der Waals surface area contributed by atoms with E-state index >= 15 is 0 Å². The SMILES string of the molecule is CC(C)(C)c1ccccc1NC(=O)Nc1ccccc1Cl. The Kier molecular flexibility index (Phi) is 4.53. The number of carbonyl (C=O) groups is 1. The van der Waals surface area contributed by atoms with E-state index in [1.54, 1.807) is 12.1 Å². The molecule has 21 heavy (non-hydrogen) atoms. The second-order valence-electron chi connectivity index (χ2n) is 5.85. The van der Waals surface area contributed by atoms with Crippen molar-refractivity contribution in [3.05, 3.63) is 59.1 Å². The third-order valence-corrected chi connectivity index (χ3v) is 3.43. The van der Waals surface area contributed by atoms with Gasteiger partial charge in [-0.25, -0.2) is 4.79 Å². The third kappa shape index (κ3) is 3.99. The Hall–Kier alpha value is -2.00. The van der Waals surface area contributed by atoms with Crippen molar-refractivity contribution in [2.45, 2.75) is 26.2 Å². The van der Waals surface area contributed by atoms with E-state index < -0.39 is 0 Å². The third-order valence-electron chi connectivity index (χ3n) is 3.11. The Morgan fingerprint density at radius 1 is 0.905 bits per heavy atom. The fourth-order valence-corrected chi connectivity index (χ4v) is 2.27. The number of rotatable bonds is 2. The van der Waals surface area contributed by atoms with Gasteiger partial charge in [-0.1, -0.05) is 62.7 Å². The van der Waals surface area contributed by atoms with E-state index in [-0.39, 0.29) is 11.4 Å². The summed E-state index contributed by atoms with van der Waals surface area (Å²) in [6.07, 6.45) is 0. The average Bonchev–Trinajstić information content (AvgIpc) is 2.41. The first kappa shape index (κ1) is 15.4.